The Morgan fingerprint density at radius 1 is 1.00 bits per heavy atom. The first-order valence-electron chi connectivity index (χ1n) is 11.9. The quantitative estimate of drug-likeness (QED) is 0.547. The van der Waals surface area contributed by atoms with Gasteiger partial charge in [-0.1, -0.05) is 60.7 Å². The van der Waals surface area contributed by atoms with E-state index in [-0.39, 0.29) is 17.5 Å². The molecule has 33 heavy (non-hydrogen) atoms. The smallest absolute Gasteiger partial charge is 0.346 e. The number of rotatable bonds is 9. The molecule has 2 aromatic carbocycles. The van der Waals surface area contributed by atoms with Crippen LogP contribution in [0.15, 0.2) is 65.5 Å². The van der Waals surface area contributed by atoms with E-state index in [0.29, 0.717) is 26.2 Å². The van der Waals surface area contributed by atoms with E-state index < -0.39 is 0 Å². The summed E-state index contributed by atoms with van der Waals surface area (Å²) in [6.07, 6.45) is 2.65. The highest BCUT2D eigenvalue weighted by atomic mass is 16.2. The normalized spacial score (nSPS) is 14.9. The Hall–Kier alpha value is -3.19. The topological polar surface area (TPSA) is 72.2 Å². The van der Waals surface area contributed by atoms with Crippen LogP contribution in [0.1, 0.15) is 42.6 Å². The molecule has 0 atom stereocenters. The molecule has 1 aliphatic rings. The van der Waals surface area contributed by atoms with Gasteiger partial charge in [0.2, 0.25) is 5.91 Å². The molecule has 0 spiro atoms. The van der Waals surface area contributed by atoms with Crippen LogP contribution in [-0.2, 0) is 24.3 Å². The van der Waals surface area contributed by atoms with Crippen LogP contribution in [0.4, 0.5) is 0 Å². The minimum absolute atomic E-state index is 0.0448. The number of hydrogen-bond acceptors (Lipinski definition) is 4. The largest absolute Gasteiger partial charge is 0.355 e. The lowest BCUT2D eigenvalue weighted by Crippen LogP contribution is -2.42. The Morgan fingerprint density at radius 2 is 1.64 bits per heavy atom. The monoisotopic (exact) mass is 447 g/mol. The summed E-state index contributed by atoms with van der Waals surface area (Å²) in [7, 11) is 0. The van der Waals surface area contributed by atoms with Gasteiger partial charge in [0.15, 0.2) is 0 Å². The van der Waals surface area contributed by atoms with Crippen molar-refractivity contribution < 1.29 is 4.79 Å². The van der Waals surface area contributed by atoms with Crippen molar-refractivity contribution >= 4 is 5.91 Å². The van der Waals surface area contributed by atoms with Crippen LogP contribution in [0.25, 0.3) is 0 Å². The van der Waals surface area contributed by atoms with Crippen LogP contribution in [0.2, 0.25) is 0 Å². The molecule has 7 heteroatoms. The van der Waals surface area contributed by atoms with E-state index in [9.17, 15) is 9.59 Å². The van der Waals surface area contributed by atoms with Gasteiger partial charge in [-0.2, -0.15) is 5.10 Å². The third kappa shape index (κ3) is 5.99. The highest BCUT2D eigenvalue weighted by Crippen LogP contribution is 2.26. The Morgan fingerprint density at radius 3 is 2.27 bits per heavy atom. The van der Waals surface area contributed by atoms with E-state index in [2.05, 4.69) is 22.3 Å². The van der Waals surface area contributed by atoms with Crippen molar-refractivity contribution in [2.24, 2.45) is 0 Å². The highest BCUT2D eigenvalue weighted by molar-refractivity contribution is 5.78. The fraction of sp³-hybridized carbons (Fsp3) is 0.423. The van der Waals surface area contributed by atoms with E-state index >= 15 is 0 Å². The molecular weight excluding hydrogens is 414 g/mol. The van der Waals surface area contributed by atoms with E-state index in [1.807, 2.05) is 55.5 Å². The molecule has 0 radical (unpaired) electrons. The summed E-state index contributed by atoms with van der Waals surface area (Å²) in [5.74, 6) is 1.19. The molecule has 1 aliphatic heterocycles. The SMILES string of the molecule is CCn1c(C2CCN(CC(=O)NCCc3ccccc3)CC2)nn(Cc2ccccc2)c1=O. The summed E-state index contributed by atoms with van der Waals surface area (Å²) in [5.41, 5.74) is 2.25. The molecule has 3 aromatic rings. The molecule has 7 nitrogen and oxygen atoms in total. The van der Waals surface area contributed by atoms with Crippen LogP contribution < -0.4 is 11.0 Å². The van der Waals surface area contributed by atoms with Crippen molar-refractivity contribution in [1.82, 2.24) is 24.6 Å². The molecule has 0 bridgehead atoms. The first-order valence-corrected chi connectivity index (χ1v) is 11.9. The molecule has 174 valence electrons. The fourth-order valence-corrected chi connectivity index (χ4v) is 4.52. The van der Waals surface area contributed by atoms with Gasteiger partial charge in [-0.3, -0.25) is 14.3 Å². The number of carbonyl (C=O) groups is 1. The maximum absolute atomic E-state index is 12.9. The van der Waals surface area contributed by atoms with Gasteiger partial charge in [0.05, 0.1) is 13.1 Å². The Labute approximate surface area is 195 Å². The molecule has 1 saturated heterocycles. The second-order valence-electron chi connectivity index (χ2n) is 8.66. The molecule has 1 N–H and O–H groups in total. The maximum atomic E-state index is 12.9. The number of nitrogens with zero attached hydrogens (tertiary/aromatic N) is 4. The third-order valence-electron chi connectivity index (χ3n) is 6.34. The molecule has 2 heterocycles. The lowest BCUT2D eigenvalue weighted by Gasteiger charge is -2.30. The second-order valence-corrected chi connectivity index (χ2v) is 8.66. The lowest BCUT2D eigenvalue weighted by molar-refractivity contribution is -0.122. The minimum atomic E-state index is -0.0448. The Balaban J connectivity index is 1.29. The predicted octanol–water partition coefficient (Wildman–Crippen LogP) is 2.65. The maximum Gasteiger partial charge on any atom is 0.346 e. The first kappa shape index (κ1) is 23.0. The van der Waals surface area contributed by atoms with Crippen molar-refractivity contribution in [3.63, 3.8) is 0 Å². The van der Waals surface area contributed by atoms with Crippen LogP contribution in [0.3, 0.4) is 0 Å². The number of hydrogen-bond donors (Lipinski definition) is 1. The van der Waals surface area contributed by atoms with Gasteiger partial charge in [0, 0.05) is 19.0 Å². The van der Waals surface area contributed by atoms with Gasteiger partial charge >= 0.3 is 5.69 Å². The Bertz CT molecular complexity index is 1080. The number of benzene rings is 2. The van der Waals surface area contributed by atoms with Crippen molar-refractivity contribution in [3.05, 3.63) is 88.1 Å². The molecule has 0 aliphatic carbocycles. The zero-order chi connectivity index (χ0) is 23.0. The summed E-state index contributed by atoms with van der Waals surface area (Å²) in [5, 5.41) is 7.76. The first-order chi connectivity index (χ1) is 16.1. The van der Waals surface area contributed by atoms with Gasteiger partial charge in [0.1, 0.15) is 5.82 Å². The fourth-order valence-electron chi connectivity index (χ4n) is 4.52. The van der Waals surface area contributed by atoms with Crippen molar-refractivity contribution in [2.45, 2.75) is 45.2 Å². The van der Waals surface area contributed by atoms with Crippen molar-refractivity contribution in [2.75, 3.05) is 26.2 Å². The highest BCUT2D eigenvalue weighted by Gasteiger charge is 2.27. The van der Waals surface area contributed by atoms with E-state index in [4.69, 9.17) is 5.10 Å². The number of nitrogens with one attached hydrogen (secondary N) is 1. The van der Waals surface area contributed by atoms with Crippen molar-refractivity contribution in [3.8, 4) is 0 Å². The predicted molar refractivity (Wildman–Crippen MR) is 129 cm³/mol. The zero-order valence-electron chi connectivity index (χ0n) is 19.3. The summed E-state index contributed by atoms with van der Waals surface area (Å²) in [6.45, 7) is 5.84. The molecule has 1 aromatic heterocycles. The van der Waals surface area contributed by atoms with E-state index in [1.165, 1.54) is 5.56 Å². The summed E-state index contributed by atoms with van der Waals surface area (Å²) in [6, 6.07) is 20.1. The minimum Gasteiger partial charge on any atom is -0.355 e. The van der Waals surface area contributed by atoms with Crippen LogP contribution in [-0.4, -0.2) is 51.3 Å². The lowest BCUT2D eigenvalue weighted by atomic mass is 9.96. The molecule has 1 amide bonds. The standard InChI is InChI=1S/C26H33N5O2/c1-2-30-25(28-31(26(30)33)19-22-11-7-4-8-12-22)23-14-17-29(18-15-23)20-24(32)27-16-13-21-9-5-3-6-10-21/h3-12,23H,2,13-20H2,1H3,(H,27,32). The zero-order valence-corrected chi connectivity index (χ0v) is 19.3. The second kappa shape index (κ2) is 11.1. The van der Waals surface area contributed by atoms with Crippen LogP contribution >= 0.6 is 0 Å². The molecule has 4 rings (SSSR count). The molecule has 1 fully saturated rings. The van der Waals surface area contributed by atoms with E-state index in [0.717, 1.165) is 43.7 Å². The molecule has 0 saturated carbocycles. The Kier molecular flexibility index (Phi) is 7.73. The van der Waals surface area contributed by atoms with Gasteiger partial charge in [-0.15, -0.1) is 0 Å². The summed E-state index contributed by atoms with van der Waals surface area (Å²) in [4.78, 5) is 27.4. The summed E-state index contributed by atoms with van der Waals surface area (Å²) >= 11 is 0. The third-order valence-corrected chi connectivity index (χ3v) is 6.34. The number of aromatic nitrogens is 3. The van der Waals surface area contributed by atoms with Gasteiger partial charge in [-0.25, -0.2) is 9.48 Å². The van der Waals surface area contributed by atoms with Gasteiger partial charge < -0.3 is 5.32 Å². The number of piperidine rings is 1. The van der Waals surface area contributed by atoms with Crippen LogP contribution in [0.5, 0.6) is 0 Å². The summed E-state index contributed by atoms with van der Waals surface area (Å²) < 4.78 is 3.39. The number of amides is 1. The number of likely N-dealkylation sites (tertiary alicyclic amines) is 1. The van der Waals surface area contributed by atoms with Crippen molar-refractivity contribution in [1.29, 1.82) is 0 Å². The molecular formula is C26H33N5O2. The van der Waals surface area contributed by atoms with Gasteiger partial charge in [-0.05, 0) is 50.4 Å². The van der Waals surface area contributed by atoms with Crippen LogP contribution in [0, 0.1) is 0 Å². The van der Waals surface area contributed by atoms with E-state index in [1.54, 1.807) is 9.25 Å². The number of carbonyl (C=O) groups excluding carboxylic acids is 1. The molecule has 0 unspecified atom stereocenters. The average Bonchev–Trinajstić information content (AvgIpc) is 3.16. The van der Waals surface area contributed by atoms with Gasteiger partial charge in [0.25, 0.3) is 0 Å². The average molecular weight is 448 g/mol.